The molecule has 0 radical (unpaired) electrons. The van der Waals surface area contributed by atoms with Crippen LogP contribution in [0.5, 0.6) is 5.88 Å². The molecule has 2 aromatic rings. The van der Waals surface area contributed by atoms with Gasteiger partial charge in [-0.3, -0.25) is 13.6 Å². The van der Waals surface area contributed by atoms with E-state index in [0.717, 1.165) is 0 Å². The molecule has 186 valence electrons. The van der Waals surface area contributed by atoms with Gasteiger partial charge in [0, 0.05) is 4.91 Å². The Bertz CT molecular complexity index is 1120. The van der Waals surface area contributed by atoms with E-state index in [9.17, 15) is 4.57 Å². The first-order valence-electron chi connectivity index (χ1n) is 10.5. The molecule has 3 N–H and O–H groups in total. The summed E-state index contributed by atoms with van der Waals surface area (Å²) in [6.07, 6.45) is -1.63. The van der Waals surface area contributed by atoms with Crippen LogP contribution in [-0.2, 0) is 27.8 Å². The number of azide groups is 1. The highest BCUT2D eigenvalue weighted by molar-refractivity contribution is 7.51. The van der Waals surface area contributed by atoms with Gasteiger partial charge in [-0.1, -0.05) is 12.0 Å². The smallest absolute Gasteiger partial charge is 0.406 e. The molecule has 2 saturated heterocycles. The van der Waals surface area contributed by atoms with Crippen LogP contribution in [0.2, 0.25) is 0 Å². The number of hydrogen-bond donors (Lipinski definition) is 2. The van der Waals surface area contributed by atoms with Gasteiger partial charge in [0.05, 0.1) is 32.6 Å². The van der Waals surface area contributed by atoms with E-state index in [4.69, 9.17) is 39.3 Å². The maximum Gasteiger partial charge on any atom is 0.406 e. The standard InChI is InChI=1S/C17H26N9O7P/c1-8(24-25-19)14-11(6-29-34(27,33-14)21-5-12-31-10(3)32-12)30-9(2)26-7-20-13-15(26)22-17(18)23-16(13)28-4/h7-12,14H,5-6H2,1-4H3,(H,21,27)(H2,18,22,23)/t8-,9?,10?,11-,12?,14+,34?/m1/s1. The van der Waals surface area contributed by atoms with Crippen LogP contribution in [0.3, 0.4) is 0 Å². The first kappa shape index (κ1) is 24.6. The van der Waals surface area contributed by atoms with Gasteiger partial charge < -0.3 is 24.7 Å². The van der Waals surface area contributed by atoms with Crippen molar-refractivity contribution in [2.24, 2.45) is 5.11 Å². The van der Waals surface area contributed by atoms with Crippen molar-refractivity contribution in [2.75, 3.05) is 26.0 Å². The fourth-order valence-corrected chi connectivity index (χ4v) is 5.20. The van der Waals surface area contributed by atoms with Crippen LogP contribution in [0.1, 0.15) is 27.0 Å². The molecule has 0 spiro atoms. The van der Waals surface area contributed by atoms with Crippen LogP contribution >= 0.6 is 7.75 Å². The van der Waals surface area contributed by atoms with Crippen LogP contribution in [0.4, 0.5) is 5.95 Å². The van der Waals surface area contributed by atoms with E-state index in [2.05, 4.69) is 30.1 Å². The van der Waals surface area contributed by atoms with Crippen molar-refractivity contribution in [1.29, 1.82) is 0 Å². The quantitative estimate of drug-likeness (QED) is 0.220. The van der Waals surface area contributed by atoms with Gasteiger partial charge in [-0.05, 0) is 19.4 Å². The summed E-state index contributed by atoms with van der Waals surface area (Å²) in [5.41, 5.74) is 15.5. The van der Waals surface area contributed by atoms with Gasteiger partial charge in [-0.25, -0.2) is 14.6 Å². The maximum atomic E-state index is 13.1. The number of hydrogen-bond acceptors (Lipinski definition) is 12. The van der Waals surface area contributed by atoms with Crippen LogP contribution in [0.25, 0.3) is 21.6 Å². The molecule has 17 heteroatoms. The molecule has 4 rings (SSSR count). The largest absolute Gasteiger partial charge is 0.479 e. The monoisotopic (exact) mass is 499 g/mol. The Morgan fingerprint density at radius 1 is 1.44 bits per heavy atom. The number of aromatic nitrogens is 4. The number of rotatable bonds is 9. The lowest BCUT2D eigenvalue weighted by molar-refractivity contribution is -0.371. The molecule has 2 aliphatic heterocycles. The molecule has 2 aromatic heterocycles. The summed E-state index contributed by atoms with van der Waals surface area (Å²) in [5.74, 6) is 0.242. The summed E-state index contributed by atoms with van der Waals surface area (Å²) in [6, 6.07) is -0.713. The molecule has 16 nitrogen and oxygen atoms in total. The van der Waals surface area contributed by atoms with Crippen molar-refractivity contribution in [2.45, 2.75) is 57.8 Å². The number of nitrogens with zero attached hydrogens (tertiary/aromatic N) is 7. The van der Waals surface area contributed by atoms with Crippen molar-refractivity contribution in [3.8, 4) is 5.88 Å². The number of fused-ring (bicyclic) bond motifs is 1. The minimum Gasteiger partial charge on any atom is -0.479 e. The molecule has 0 aromatic carbocycles. The number of nitrogens with one attached hydrogen (secondary N) is 1. The zero-order chi connectivity index (χ0) is 24.5. The average molecular weight is 499 g/mol. The Morgan fingerprint density at radius 3 is 2.88 bits per heavy atom. The van der Waals surface area contributed by atoms with E-state index in [0.29, 0.717) is 11.2 Å². The number of nitrogen functional groups attached to an aromatic ring is 1. The second-order valence-electron chi connectivity index (χ2n) is 7.63. The van der Waals surface area contributed by atoms with Crippen LogP contribution in [-0.4, -0.2) is 70.6 Å². The molecular weight excluding hydrogens is 473 g/mol. The lowest BCUT2D eigenvalue weighted by atomic mass is 10.1. The number of anilines is 1. The second kappa shape index (κ2) is 9.98. The fraction of sp³-hybridized carbons (Fsp3) is 0.706. The molecule has 0 aliphatic carbocycles. The summed E-state index contributed by atoms with van der Waals surface area (Å²) in [6.45, 7) is 5.12. The highest BCUT2D eigenvalue weighted by atomic mass is 31.2. The molecular formula is C17H26N9O7P. The predicted molar refractivity (Wildman–Crippen MR) is 116 cm³/mol. The van der Waals surface area contributed by atoms with Crippen LogP contribution < -0.4 is 15.6 Å². The van der Waals surface area contributed by atoms with Gasteiger partial charge in [0.15, 0.2) is 23.7 Å². The van der Waals surface area contributed by atoms with Gasteiger partial charge in [-0.2, -0.15) is 9.97 Å². The third kappa shape index (κ3) is 5.09. The lowest BCUT2D eigenvalue weighted by Gasteiger charge is -2.40. The van der Waals surface area contributed by atoms with Crippen molar-refractivity contribution in [3.63, 3.8) is 0 Å². The molecule has 34 heavy (non-hydrogen) atoms. The first-order valence-corrected chi connectivity index (χ1v) is 12.0. The highest BCUT2D eigenvalue weighted by Gasteiger charge is 2.44. The maximum absolute atomic E-state index is 13.1. The normalized spacial score (nSPS) is 30.8. The van der Waals surface area contributed by atoms with Gasteiger partial charge in [-0.15, -0.1) is 0 Å². The van der Waals surface area contributed by atoms with E-state index in [-0.39, 0.29) is 31.3 Å². The number of imidazole rings is 1. The van der Waals surface area contributed by atoms with E-state index < -0.39 is 38.5 Å². The third-order valence-corrected chi connectivity index (χ3v) is 6.83. The minimum atomic E-state index is -3.74. The number of nitrogens with two attached hydrogens (primary N) is 1. The van der Waals surface area contributed by atoms with Crippen molar-refractivity contribution in [3.05, 3.63) is 16.8 Å². The zero-order valence-electron chi connectivity index (χ0n) is 19.0. The second-order valence-corrected chi connectivity index (χ2v) is 9.41. The Balaban J connectivity index is 1.50. The first-order chi connectivity index (χ1) is 16.2. The number of ether oxygens (including phenoxy) is 4. The molecule has 4 heterocycles. The topological polar surface area (TPSA) is 203 Å². The Kier molecular flexibility index (Phi) is 7.21. The van der Waals surface area contributed by atoms with Crippen molar-refractivity contribution in [1.82, 2.24) is 24.6 Å². The van der Waals surface area contributed by atoms with Crippen molar-refractivity contribution < 1.29 is 32.6 Å². The van der Waals surface area contributed by atoms with Crippen LogP contribution in [0.15, 0.2) is 11.4 Å². The molecule has 5 atom stereocenters. The van der Waals surface area contributed by atoms with Gasteiger partial charge in [0.2, 0.25) is 11.8 Å². The van der Waals surface area contributed by atoms with Gasteiger partial charge in [0.1, 0.15) is 18.4 Å². The van der Waals surface area contributed by atoms with Crippen molar-refractivity contribution >= 4 is 24.9 Å². The minimum absolute atomic E-state index is 0.0123. The summed E-state index contributed by atoms with van der Waals surface area (Å²) in [5, 5.41) is 6.40. The van der Waals surface area contributed by atoms with Crippen LogP contribution in [0, 0.1) is 0 Å². The summed E-state index contributed by atoms with van der Waals surface area (Å²) in [7, 11) is -2.29. The summed E-state index contributed by atoms with van der Waals surface area (Å²) >= 11 is 0. The highest BCUT2D eigenvalue weighted by Crippen LogP contribution is 2.50. The van der Waals surface area contributed by atoms with E-state index in [1.807, 2.05) is 0 Å². The fourth-order valence-electron chi connectivity index (χ4n) is 3.62. The summed E-state index contributed by atoms with van der Waals surface area (Å²) in [4.78, 5) is 15.4. The average Bonchev–Trinajstić information content (AvgIpc) is 3.20. The zero-order valence-corrected chi connectivity index (χ0v) is 19.9. The molecule has 0 bridgehead atoms. The SMILES string of the molecule is COc1nc(N)nc2c1ncn2C(C)O[C@@H]1COP(=O)(NCC2OC(C)O2)O[C@H]1[C@@H](C)N=[N+]=[N-]. The van der Waals surface area contributed by atoms with E-state index in [1.54, 1.807) is 25.3 Å². The predicted octanol–water partition coefficient (Wildman–Crippen LogP) is 1.85. The summed E-state index contributed by atoms with van der Waals surface area (Å²) < 4.78 is 48.0. The number of methoxy groups -OCH3 is 1. The third-order valence-electron chi connectivity index (χ3n) is 5.25. The van der Waals surface area contributed by atoms with Gasteiger partial charge in [0.25, 0.3) is 0 Å². The Hall–Kier alpha value is -2.55. The van der Waals surface area contributed by atoms with Gasteiger partial charge >= 0.3 is 7.75 Å². The lowest BCUT2D eigenvalue weighted by Crippen LogP contribution is -2.49. The Labute approximate surface area is 194 Å². The van der Waals surface area contributed by atoms with E-state index in [1.165, 1.54) is 13.4 Å². The molecule has 2 fully saturated rings. The van der Waals surface area contributed by atoms with E-state index >= 15 is 0 Å². The molecule has 2 unspecified atom stereocenters. The molecule has 0 saturated carbocycles. The molecule has 2 aliphatic rings. The molecule has 0 amide bonds. The Morgan fingerprint density at radius 2 is 2.21 bits per heavy atom.